The molecule has 23 heavy (non-hydrogen) atoms. The summed E-state index contributed by atoms with van der Waals surface area (Å²) < 4.78 is 5.77. The van der Waals surface area contributed by atoms with Crippen LogP contribution < -0.4 is 5.32 Å². The van der Waals surface area contributed by atoms with E-state index in [1.165, 1.54) is 11.8 Å². The minimum absolute atomic E-state index is 0.0367. The fourth-order valence-electron chi connectivity index (χ4n) is 2.18. The van der Waals surface area contributed by atoms with Crippen molar-refractivity contribution < 1.29 is 19.1 Å². The van der Waals surface area contributed by atoms with Gasteiger partial charge in [-0.1, -0.05) is 30.3 Å². The Hall–Kier alpha value is -2.21. The molecule has 0 spiro atoms. The Morgan fingerprint density at radius 3 is 2.57 bits per heavy atom. The smallest absolute Gasteiger partial charge is 0.313 e. The topological polar surface area (TPSA) is 79.5 Å². The molecule has 0 atom stereocenters. The fraction of sp³-hybridized carbons (Fsp3) is 0.294. The number of benzene rings is 1. The van der Waals surface area contributed by atoms with Gasteiger partial charge in [0.25, 0.3) is 5.91 Å². The number of amides is 1. The number of furan rings is 1. The first-order valence-corrected chi connectivity index (χ1v) is 8.39. The number of carbonyl (C=O) groups is 2. The highest BCUT2D eigenvalue weighted by Gasteiger charge is 2.22. The van der Waals surface area contributed by atoms with Crippen LogP contribution in [0.15, 0.2) is 34.7 Å². The third kappa shape index (κ3) is 4.39. The van der Waals surface area contributed by atoms with E-state index in [0.29, 0.717) is 29.4 Å². The van der Waals surface area contributed by atoms with Crippen LogP contribution in [0.1, 0.15) is 21.7 Å². The zero-order valence-electron chi connectivity index (χ0n) is 13.1. The van der Waals surface area contributed by atoms with Gasteiger partial charge in [0.15, 0.2) is 0 Å². The van der Waals surface area contributed by atoms with E-state index < -0.39 is 5.97 Å². The van der Waals surface area contributed by atoms with E-state index in [1.807, 2.05) is 44.2 Å². The second-order valence-corrected chi connectivity index (χ2v) is 6.16. The van der Waals surface area contributed by atoms with Crippen molar-refractivity contribution in [1.29, 1.82) is 0 Å². The second-order valence-electron chi connectivity index (χ2n) is 5.06. The molecule has 6 heteroatoms. The maximum absolute atomic E-state index is 12.5. The van der Waals surface area contributed by atoms with Crippen molar-refractivity contribution in [2.75, 3.05) is 18.1 Å². The van der Waals surface area contributed by atoms with Crippen LogP contribution in [-0.4, -0.2) is 35.0 Å². The number of rotatable bonds is 7. The molecule has 0 aliphatic heterocycles. The maximum Gasteiger partial charge on any atom is 0.313 e. The SMILES string of the molecule is Cc1oc(-c2ccccc2)c(C(=O)NCCSCC(=O)O)c1C. The van der Waals surface area contributed by atoms with E-state index in [0.717, 1.165) is 11.1 Å². The Bertz CT molecular complexity index is 694. The lowest BCUT2D eigenvalue weighted by molar-refractivity contribution is -0.133. The van der Waals surface area contributed by atoms with E-state index in [9.17, 15) is 9.59 Å². The predicted octanol–water partition coefficient (Wildman–Crippen LogP) is 3.11. The largest absolute Gasteiger partial charge is 0.481 e. The first-order valence-electron chi connectivity index (χ1n) is 7.24. The zero-order chi connectivity index (χ0) is 16.8. The maximum atomic E-state index is 12.5. The third-order valence-corrected chi connectivity index (χ3v) is 4.35. The number of aliphatic carboxylic acids is 1. The van der Waals surface area contributed by atoms with Crippen molar-refractivity contribution in [3.05, 3.63) is 47.2 Å². The van der Waals surface area contributed by atoms with Gasteiger partial charge in [-0.05, 0) is 13.8 Å². The molecule has 0 aliphatic carbocycles. The number of hydrogen-bond donors (Lipinski definition) is 2. The van der Waals surface area contributed by atoms with Crippen molar-refractivity contribution >= 4 is 23.6 Å². The van der Waals surface area contributed by atoms with Crippen LogP contribution in [0.4, 0.5) is 0 Å². The summed E-state index contributed by atoms with van der Waals surface area (Å²) in [7, 11) is 0. The van der Waals surface area contributed by atoms with Crippen molar-refractivity contribution in [2.24, 2.45) is 0 Å². The minimum Gasteiger partial charge on any atom is -0.481 e. The first-order chi connectivity index (χ1) is 11.0. The lowest BCUT2D eigenvalue weighted by Crippen LogP contribution is -2.26. The Morgan fingerprint density at radius 1 is 1.22 bits per heavy atom. The molecule has 2 aromatic rings. The molecule has 0 fully saturated rings. The molecule has 1 amide bonds. The molecule has 1 heterocycles. The van der Waals surface area contributed by atoms with E-state index >= 15 is 0 Å². The first kappa shape index (κ1) is 17.1. The molecule has 1 aromatic heterocycles. The number of aryl methyl sites for hydroxylation is 1. The van der Waals surface area contributed by atoms with E-state index in [-0.39, 0.29) is 11.7 Å². The van der Waals surface area contributed by atoms with Gasteiger partial charge in [0, 0.05) is 23.4 Å². The van der Waals surface area contributed by atoms with Gasteiger partial charge in [-0.2, -0.15) is 0 Å². The molecule has 2 N–H and O–H groups in total. The van der Waals surface area contributed by atoms with Gasteiger partial charge in [0.2, 0.25) is 0 Å². The van der Waals surface area contributed by atoms with Crippen LogP contribution in [0.2, 0.25) is 0 Å². The predicted molar refractivity (Wildman–Crippen MR) is 90.9 cm³/mol. The summed E-state index contributed by atoms with van der Waals surface area (Å²) in [6.07, 6.45) is 0. The standard InChI is InChI=1S/C17H19NO4S/c1-11-12(2)22-16(13-6-4-3-5-7-13)15(11)17(21)18-8-9-23-10-14(19)20/h3-7H,8-10H2,1-2H3,(H,18,21)(H,19,20). The van der Waals surface area contributed by atoms with Crippen molar-refractivity contribution in [1.82, 2.24) is 5.32 Å². The number of carboxylic acids is 1. The molecular weight excluding hydrogens is 314 g/mol. The molecule has 0 saturated heterocycles. The molecule has 5 nitrogen and oxygen atoms in total. The van der Waals surface area contributed by atoms with Crippen molar-refractivity contribution in [3.8, 4) is 11.3 Å². The molecule has 1 aromatic carbocycles. The number of hydrogen-bond acceptors (Lipinski definition) is 4. The Balaban J connectivity index is 2.09. The van der Waals surface area contributed by atoms with Crippen LogP contribution in [0, 0.1) is 13.8 Å². The van der Waals surface area contributed by atoms with Gasteiger partial charge in [0.05, 0.1) is 11.3 Å². The summed E-state index contributed by atoms with van der Waals surface area (Å²) in [5.41, 5.74) is 2.21. The molecule has 0 bridgehead atoms. The Labute approximate surface area is 139 Å². The highest BCUT2D eigenvalue weighted by Crippen LogP contribution is 2.30. The van der Waals surface area contributed by atoms with Crippen LogP contribution in [0.5, 0.6) is 0 Å². The quantitative estimate of drug-likeness (QED) is 0.761. The van der Waals surface area contributed by atoms with Gasteiger partial charge >= 0.3 is 5.97 Å². The highest BCUT2D eigenvalue weighted by molar-refractivity contribution is 7.99. The molecule has 2 rings (SSSR count). The van der Waals surface area contributed by atoms with E-state index in [1.54, 1.807) is 0 Å². The molecule has 0 unspecified atom stereocenters. The normalized spacial score (nSPS) is 10.5. The van der Waals surface area contributed by atoms with Gasteiger partial charge in [-0.3, -0.25) is 9.59 Å². The molecule has 0 aliphatic rings. The van der Waals surface area contributed by atoms with Gasteiger partial charge in [0.1, 0.15) is 11.5 Å². The van der Waals surface area contributed by atoms with Crippen LogP contribution in [0.25, 0.3) is 11.3 Å². The lowest BCUT2D eigenvalue weighted by atomic mass is 10.0. The highest BCUT2D eigenvalue weighted by atomic mass is 32.2. The van der Waals surface area contributed by atoms with Crippen LogP contribution in [0.3, 0.4) is 0 Å². The monoisotopic (exact) mass is 333 g/mol. The fourth-order valence-corrected chi connectivity index (χ4v) is 2.74. The van der Waals surface area contributed by atoms with Crippen LogP contribution in [-0.2, 0) is 4.79 Å². The second kappa shape index (κ2) is 7.87. The Kier molecular flexibility index (Phi) is 5.87. The summed E-state index contributed by atoms with van der Waals surface area (Å²) in [5.74, 6) is 0.817. The molecule has 0 radical (unpaired) electrons. The minimum atomic E-state index is -0.853. The summed E-state index contributed by atoms with van der Waals surface area (Å²) in [6.45, 7) is 4.11. The summed E-state index contributed by atoms with van der Waals surface area (Å²) >= 11 is 1.27. The summed E-state index contributed by atoms with van der Waals surface area (Å²) in [6, 6.07) is 9.50. The summed E-state index contributed by atoms with van der Waals surface area (Å²) in [5, 5.41) is 11.4. The lowest BCUT2D eigenvalue weighted by Gasteiger charge is -2.06. The van der Waals surface area contributed by atoms with E-state index in [4.69, 9.17) is 9.52 Å². The van der Waals surface area contributed by atoms with E-state index in [2.05, 4.69) is 5.32 Å². The van der Waals surface area contributed by atoms with Gasteiger partial charge < -0.3 is 14.8 Å². The van der Waals surface area contributed by atoms with Crippen molar-refractivity contribution in [2.45, 2.75) is 13.8 Å². The zero-order valence-corrected chi connectivity index (χ0v) is 13.9. The van der Waals surface area contributed by atoms with Crippen LogP contribution >= 0.6 is 11.8 Å². The number of carbonyl (C=O) groups excluding carboxylic acids is 1. The Morgan fingerprint density at radius 2 is 1.91 bits per heavy atom. The van der Waals surface area contributed by atoms with Crippen molar-refractivity contribution in [3.63, 3.8) is 0 Å². The number of carboxylic acid groups (broad SMARTS) is 1. The summed E-state index contributed by atoms with van der Waals surface area (Å²) in [4.78, 5) is 22.9. The molecular formula is C17H19NO4S. The van der Waals surface area contributed by atoms with Gasteiger partial charge in [-0.25, -0.2) is 0 Å². The number of nitrogens with one attached hydrogen (secondary N) is 1. The average molecular weight is 333 g/mol. The van der Waals surface area contributed by atoms with Gasteiger partial charge in [-0.15, -0.1) is 11.8 Å². The molecule has 0 saturated carbocycles. The number of thioether (sulfide) groups is 1. The third-order valence-electron chi connectivity index (χ3n) is 3.41. The molecule has 122 valence electrons. The average Bonchev–Trinajstić information content (AvgIpc) is 2.83.